The van der Waals surface area contributed by atoms with Crippen LogP contribution in [0.5, 0.6) is 0 Å². The Morgan fingerprint density at radius 3 is 2.93 bits per heavy atom. The Labute approximate surface area is 179 Å². The molecule has 0 N–H and O–H groups in total. The number of fused-ring (bicyclic) bond motifs is 3. The number of benzene rings is 1. The summed E-state index contributed by atoms with van der Waals surface area (Å²) in [5.41, 5.74) is 2.66. The van der Waals surface area contributed by atoms with Crippen molar-refractivity contribution in [3.63, 3.8) is 0 Å². The van der Waals surface area contributed by atoms with Gasteiger partial charge in [-0.2, -0.15) is 5.10 Å². The number of thiazole rings is 1. The highest BCUT2D eigenvalue weighted by Crippen LogP contribution is 2.28. The van der Waals surface area contributed by atoms with Crippen LogP contribution in [0.4, 0.5) is 0 Å². The van der Waals surface area contributed by atoms with E-state index in [1.165, 1.54) is 0 Å². The van der Waals surface area contributed by atoms with Gasteiger partial charge in [0.1, 0.15) is 5.01 Å². The molecule has 10 heteroatoms. The summed E-state index contributed by atoms with van der Waals surface area (Å²) in [4.78, 5) is 17.6. The van der Waals surface area contributed by atoms with Crippen molar-refractivity contribution in [2.75, 3.05) is 0 Å². The largest absolute Gasteiger partial charge is 0.275 e. The molecule has 0 aliphatic rings. The van der Waals surface area contributed by atoms with Gasteiger partial charge in [0.25, 0.3) is 5.56 Å². The number of para-hydroxylation sites is 1. The molecule has 5 aromatic rings. The summed E-state index contributed by atoms with van der Waals surface area (Å²) in [5.74, 6) is 1.15. The van der Waals surface area contributed by atoms with Gasteiger partial charge < -0.3 is 0 Å². The normalized spacial score (nSPS) is 11.5. The van der Waals surface area contributed by atoms with E-state index in [4.69, 9.17) is 4.98 Å². The average molecular weight is 436 g/mol. The number of allylic oxidation sites excluding steroid dienone is 1. The van der Waals surface area contributed by atoms with Crippen LogP contribution in [-0.2, 0) is 19.3 Å². The fourth-order valence-corrected chi connectivity index (χ4v) is 5.03. The molecular formula is C20H17N7OS2. The summed E-state index contributed by atoms with van der Waals surface area (Å²) in [5, 5.41) is 17.2. The zero-order chi connectivity index (χ0) is 20.7. The van der Waals surface area contributed by atoms with Crippen molar-refractivity contribution >= 4 is 39.8 Å². The fourth-order valence-electron chi connectivity index (χ4n) is 3.30. The number of thioether (sulfide) groups is 1. The Bertz CT molecular complexity index is 1440. The zero-order valence-corrected chi connectivity index (χ0v) is 17.7. The molecule has 5 rings (SSSR count). The minimum atomic E-state index is -0.0948. The molecule has 0 saturated carbocycles. The second-order valence-electron chi connectivity index (χ2n) is 6.67. The molecule has 4 heterocycles. The van der Waals surface area contributed by atoms with E-state index in [9.17, 15) is 4.79 Å². The minimum Gasteiger partial charge on any atom is -0.275 e. The van der Waals surface area contributed by atoms with E-state index in [-0.39, 0.29) is 5.56 Å². The number of hydrogen-bond acceptors (Lipinski definition) is 7. The van der Waals surface area contributed by atoms with Gasteiger partial charge in [-0.1, -0.05) is 30.0 Å². The highest BCUT2D eigenvalue weighted by molar-refractivity contribution is 7.98. The SMILES string of the molecule is C=CCn1c(=O)c2ccccc2n2c(SCc3csc(-c4cnn(C)c4)n3)nnc12. The highest BCUT2D eigenvalue weighted by atomic mass is 32.2. The highest BCUT2D eigenvalue weighted by Gasteiger charge is 2.17. The van der Waals surface area contributed by atoms with Crippen LogP contribution in [0.3, 0.4) is 0 Å². The van der Waals surface area contributed by atoms with Gasteiger partial charge in [-0.3, -0.25) is 18.4 Å². The topological polar surface area (TPSA) is 82.9 Å². The number of aryl methyl sites for hydroxylation is 1. The van der Waals surface area contributed by atoms with E-state index in [1.807, 2.05) is 53.5 Å². The fraction of sp³-hybridized carbons (Fsp3) is 0.150. The van der Waals surface area contributed by atoms with Crippen LogP contribution in [-0.4, -0.2) is 33.9 Å². The van der Waals surface area contributed by atoms with Gasteiger partial charge in [0.15, 0.2) is 5.16 Å². The molecule has 0 aliphatic carbocycles. The number of rotatable bonds is 6. The lowest BCUT2D eigenvalue weighted by Gasteiger charge is -2.09. The molecule has 0 saturated heterocycles. The molecule has 30 heavy (non-hydrogen) atoms. The number of hydrogen-bond donors (Lipinski definition) is 0. The summed E-state index contributed by atoms with van der Waals surface area (Å²) >= 11 is 3.14. The molecule has 0 bridgehead atoms. The van der Waals surface area contributed by atoms with Crippen molar-refractivity contribution < 1.29 is 0 Å². The summed E-state index contributed by atoms with van der Waals surface area (Å²) in [6.07, 6.45) is 5.45. The lowest BCUT2D eigenvalue weighted by atomic mass is 10.2. The number of aromatic nitrogens is 7. The maximum atomic E-state index is 12.9. The minimum absolute atomic E-state index is 0.0948. The van der Waals surface area contributed by atoms with Crippen molar-refractivity contribution in [1.29, 1.82) is 0 Å². The van der Waals surface area contributed by atoms with Crippen molar-refractivity contribution in [3.05, 3.63) is 70.7 Å². The maximum absolute atomic E-state index is 12.9. The lowest BCUT2D eigenvalue weighted by molar-refractivity contribution is 0.768. The van der Waals surface area contributed by atoms with Crippen LogP contribution in [0.2, 0.25) is 0 Å². The first-order valence-electron chi connectivity index (χ1n) is 9.19. The van der Waals surface area contributed by atoms with Gasteiger partial charge in [0, 0.05) is 36.5 Å². The molecule has 0 aliphatic heterocycles. The monoisotopic (exact) mass is 435 g/mol. The van der Waals surface area contributed by atoms with Crippen molar-refractivity contribution in [3.8, 4) is 10.6 Å². The Hall–Kier alpha value is -3.24. The van der Waals surface area contributed by atoms with Gasteiger partial charge in [-0.15, -0.1) is 28.1 Å². The van der Waals surface area contributed by atoms with E-state index in [0.29, 0.717) is 23.5 Å². The summed E-state index contributed by atoms with van der Waals surface area (Å²) in [6, 6.07) is 7.51. The smallest absolute Gasteiger partial charge is 0.263 e. The maximum Gasteiger partial charge on any atom is 0.263 e. The molecular weight excluding hydrogens is 418 g/mol. The molecule has 0 spiro atoms. The van der Waals surface area contributed by atoms with E-state index < -0.39 is 0 Å². The molecule has 4 aromatic heterocycles. The van der Waals surface area contributed by atoms with Crippen LogP contribution in [0.25, 0.3) is 27.3 Å². The first kappa shape index (κ1) is 18.8. The van der Waals surface area contributed by atoms with Gasteiger partial charge >= 0.3 is 0 Å². The molecule has 1 aromatic carbocycles. The number of nitrogens with zero attached hydrogens (tertiary/aromatic N) is 7. The Morgan fingerprint density at radius 2 is 2.13 bits per heavy atom. The van der Waals surface area contributed by atoms with Gasteiger partial charge in [-0.25, -0.2) is 4.98 Å². The van der Waals surface area contributed by atoms with Gasteiger partial charge in [0.05, 0.1) is 22.8 Å². The van der Waals surface area contributed by atoms with Crippen LogP contribution in [0.1, 0.15) is 5.69 Å². The first-order chi connectivity index (χ1) is 14.7. The summed E-state index contributed by atoms with van der Waals surface area (Å²) in [7, 11) is 1.89. The molecule has 0 unspecified atom stereocenters. The molecule has 0 atom stereocenters. The average Bonchev–Trinajstić information content (AvgIpc) is 3.49. The molecule has 0 radical (unpaired) electrons. The molecule has 0 fully saturated rings. The standard InChI is InChI=1S/C20H17N7OS2/c1-3-8-26-18(28)15-6-4-5-7-16(15)27-19(26)23-24-20(27)30-12-14-11-29-17(22-14)13-9-21-25(2)10-13/h3-7,9-11H,1,8,12H2,2H3. The van der Waals surface area contributed by atoms with Crippen LogP contribution < -0.4 is 5.56 Å². The van der Waals surface area contributed by atoms with Crippen LogP contribution in [0, 0.1) is 0 Å². The second kappa shape index (κ2) is 7.54. The zero-order valence-electron chi connectivity index (χ0n) is 16.1. The molecule has 150 valence electrons. The van der Waals surface area contributed by atoms with E-state index >= 15 is 0 Å². The lowest BCUT2D eigenvalue weighted by Crippen LogP contribution is -2.22. The van der Waals surface area contributed by atoms with E-state index in [0.717, 1.165) is 26.9 Å². The van der Waals surface area contributed by atoms with Crippen molar-refractivity contribution in [1.82, 2.24) is 33.9 Å². The van der Waals surface area contributed by atoms with E-state index in [2.05, 4.69) is 21.9 Å². The third kappa shape index (κ3) is 3.14. The third-order valence-electron chi connectivity index (χ3n) is 4.64. The van der Waals surface area contributed by atoms with Crippen molar-refractivity contribution in [2.24, 2.45) is 7.05 Å². The molecule has 0 amide bonds. The predicted molar refractivity (Wildman–Crippen MR) is 119 cm³/mol. The Morgan fingerprint density at radius 1 is 1.27 bits per heavy atom. The quantitative estimate of drug-likeness (QED) is 0.300. The summed E-state index contributed by atoms with van der Waals surface area (Å²) < 4.78 is 5.29. The Balaban J connectivity index is 1.52. The van der Waals surface area contributed by atoms with Crippen molar-refractivity contribution in [2.45, 2.75) is 17.5 Å². The third-order valence-corrected chi connectivity index (χ3v) is 6.55. The molecule has 8 nitrogen and oxygen atoms in total. The van der Waals surface area contributed by atoms with Gasteiger partial charge in [-0.05, 0) is 12.1 Å². The van der Waals surface area contributed by atoms with E-state index in [1.54, 1.807) is 38.4 Å². The van der Waals surface area contributed by atoms with Gasteiger partial charge in [0.2, 0.25) is 5.78 Å². The summed E-state index contributed by atoms with van der Waals surface area (Å²) in [6.45, 7) is 4.13. The van der Waals surface area contributed by atoms with Crippen LogP contribution in [0.15, 0.2) is 64.6 Å². The second-order valence-corrected chi connectivity index (χ2v) is 8.48. The van der Waals surface area contributed by atoms with Crippen LogP contribution >= 0.6 is 23.1 Å². The first-order valence-corrected chi connectivity index (χ1v) is 11.1. The predicted octanol–water partition coefficient (Wildman–Crippen LogP) is 3.38. The Kier molecular flexibility index (Phi) is 4.72.